The molecule has 1 atom stereocenters. The van der Waals surface area contributed by atoms with E-state index in [2.05, 4.69) is 0 Å². The Balaban J connectivity index is 2.15. The number of imidazole rings is 1. The van der Waals surface area contributed by atoms with Gasteiger partial charge in [0.15, 0.2) is 0 Å². The molecule has 100 valence electrons. The number of aryl methyl sites for hydroxylation is 2. The van der Waals surface area contributed by atoms with Gasteiger partial charge in [-0.15, -0.1) is 0 Å². The minimum Gasteiger partial charge on any atom is -0.326 e. The molecule has 0 bridgehead atoms. The largest absolute Gasteiger partial charge is 0.328 e. The summed E-state index contributed by atoms with van der Waals surface area (Å²) in [5.74, 6) is 0.0350. The Hall–Kier alpha value is -2.08. The van der Waals surface area contributed by atoms with Crippen LogP contribution in [0, 0.1) is 0 Å². The van der Waals surface area contributed by atoms with Gasteiger partial charge in [-0.25, -0.2) is 4.79 Å². The van der Waals surface area contributed by atoms with Crippen molar-refractivity contribution in [2.45, 2.75) is 12.5 Å². The normalized spacial score (nSPS) is 19.6. The minimum atomic E-state index is -0.109. The van der Waals surface area contributed by atoms with Gasteiger partial charge in [-0.05, 0) is 18.2 Å². The van der Waals surface area contributed by atoms with E-state index in [0.717, 1.165) is 16.7 Å². The van der Waals surface area contributed by atoms with Gasteiger partial charge in [0, 0.05) is 38.8 Å². The van der Waals surface area contributed by atoms with Gasteiger partial charge in [-0.3, -0.25) is 13.9 Å². The van der Waals surface area contributed by atoms with Crippen molar-refractivity contribution in [3.63, 3.8) is 0 Å². The maximum atomic E-state index is 11.9. The Morgan fingerprint density at radius 3 is 2.47 bits per heavy atom. The zero-order valence-electron chi connectivity index (χ0n) is 11.0. The molecule has 2 aromatic rings. The van der Waals surface area contributed by atoms with Crippen molar-refractivity contribution in [3.05, 3.63) is 28.7 Å². The van der Waals surface area contributed by atoms with Crippen molar-refractivity contribution in [1.82, 2.24) is 9.13 Å². The first kappa shape index (κ1) is 12.0. The molecule has 1 aromatic carbocycles. The van der Waals surface area contributed by atoms with Gasteiger partial charge in [0.05, 0.1) is 11.0 Å². The molecule has 1 aliphatic heterocycles. The highest BCUT2D eigenvalue weighted by atomic mass is 16.2. The summed E-state index contributed by atoms with van der Waals surface area (Å²) in [5.41, 5.74) is 8.20. The Kier molecular flexibility index (Phi) is 2.50. The molecule has 1 unspecified atom stereocenters. The van der Waals surface area contributed by atoms with Crippen LogP contribution in [0.25, 0.3) is 11.0 Å². The van der Waals surface area contributed by atoms with Gasteiger partial charge in [0.1, 0.15) is 0 Å². The van der Waals surface area contributed by atoms with Crippen LogP contribution in [0.1, 0.15) is 6.42 Å². The molecule has 1 fully saturated rings. The van der Waals surface area contributed by atoms with E-state index < -0.39 is 0 Å². The number of anilines is 1. The van der Waals surface area contributed by atoms with Crippen LogP contribution in [-0.2, 0) is 18.9 Å². The Bertz CT molecular complexity index is 728. The predicted molar refractivity (Wildman–Crippen MR) is 73.1 cm³/mol. The molecule has 6 nitrogen and oxygen atoms in total. The summed E-state index contributed by atoms with van der Waals surface area (Å²) in [6, 6.07) is 5.48. The summed E-state index contributed by atoms with van der Waals surface area (Å²) >= 11 is 0. The van der Waals surface area contributed by atoms with Crippen LogP contribution in [0.15, 0.2) is 23.0 Å². The second kappa shape index (κ2) is 3.96. The number of hydrogen-bond acceptors (Lipinski definition) is 3. The minimum absolute atomic E-state index is 0.0350. The smallest absolute Gasteiger partial charge is 0.326 e. The van der Waals surface area contributed by atoms with Crippen LogP contribution in [0.4, 0.5) is 5.69 Å². The molecule has 6 heteroatoms. The van der Waals surface area contributed by atoms with Crippen LogP contribution in [0.5, 0.6) is 0 Å². The van der Waals surface area contributed by atoms with Crippen molar-refractivity contribution < 1.29 is 4.79 Å². The van der Waals surface area contributed by atoms with E-state index in [9.17, 15) is 9.59 Å². The van der Waals surface area contributed by atoms with Crippen molar-refractivity contribution in [3.8, 4) is 0 Å². The van der Waals surface area contributed by atoms with Gasteiger partial charge in [-0.2, -0.15) is 0 Å². The summed E-state index contributed by atoms with van der Waals surface area (Å²) in [4.78, 5) is 25.4. The molecular formula is C13H16N4O2. The van der Waals surface area contributed by atoms with Crippen LogP contribution in [-0.4, -0.2) is 27.6 Å². The number of carbonyl (C=O) groups is 1. The lowest BCUT2D eigenvalue weighted by Gasteiger charge is -2.16. The standard InChI is InChI=1S/C13H16N4O2/c1-15-10-4-3-9(6-11(10)16(2)13(15)19)17-7-8(14)5-12(17)18/h3-4,6,8H,5,7,14H2,1-2H3. The number of nitrogens with zero attached hydrogens (tertiary/aromatic N) is 3. The second-order valence-electron chi connectivity index (χ2n) is 5.04. The first-order chi connectivity index (χ1) is 8.99. The number of rotatable bonds is 1. The topological polar surface area (TPSA) is 73.3 Å². The van der Waals surface area contributed by atoms with E-state index in [4.69, 9.17) is 5.73 Å². The highest BCUT2D eigenvalue weighted by Crippen LogP contribution is 2.24. The molecule has 1 aliphatic rings. The predicted octanol–water partition coefficient (Wildman–Crippen LogP) is -0.0590. The maximum Gasteiger partial charge on any atom is 0.328 e. The molecule has 2 N–H and O–H groups in total. The van der Waals surface area contributed by atoms with E-state index in [1.807, 2.05) is 18.2 Å². The Morgan fingerprint density at radius 1 is 1.16 bits per heavy atom. The number of carbonyl (C=O) groups excluding carboxylic acids is 1. The second-order valence-corrected chi connectivity index (χ2v) is 5.04. The van der Waals surface area contributed by atoms with Crippen molar-refractivity contribution in [1.29, 1.82) is 0 Å². The third-order valence-electron chi connectivity index (χ3n) is 3.72. The SMILES string of the molecule is Cn1c(=O)n(C)c2cc(N3CC(N)CC3=O)ccc21. The molecule has 0 aliphatic carbocycles. The lowest BCUT2D eigenvalue weighted by Crippen LogP contribution is -2.27. The summed E-state index contributed by atoms with van der Waals surface area (Å²) in [6.45, 7) is 0.533. The van der Waals surface area contributed by atoms with Gasteiger partial charge >= 0.3 is 5.69 Å². The third kappa shape index (κ3) is 1.67. The number of hydrogen-bond donors (Lipinski definition) is 1. The van der Waals surface area contributed by atoms with E-state index in [0.29, 0.717) is 13.0 Å². The summed E-state index contributed by atoms with van der Waals surface area (Å²) < 4.78 is 3.18. The van der Waals surface area contributed by atoms with Crippen LogP contribution < -0.4 is 16.3 Å². The maximum absolute atomic E-state index is 11.9. The van der Waals surface area contributed by atoms with Crippen LogP contribution >= 0.6 is 0 Å². The van der Waals surface area contributed by atoms with E-state index in [1.54, 1.807) is 28.1 Å². The lowest BCUT2D eigenvalue weighted by molar-refractivity contribution is -0.117. The van der Waals surface area contributed by atoms with E-state index in [1.165, 1.54) is 0 Å². The average molecular weight is 260 g/mol. The average Bonchev–Trinajstić information content (AvgIpc) is 2.83. The number of nitrogens with two attached hydrogens (primary N) is 1. The molecule has 1 saturated heterocycles. The highest BCUT2D eigenvalue weighted by molar-refractivity contribution is 5.97. The molecule has 0 spiro atoms. The zero-order valence-corrected chi connectivity index (χ0v) is 11.0. The molecular weight excluding hydrogens is 244 g/mol. The monoisotopic (exact) mass is 260 g/mol. The number of amides is 1. The molecule has 0 saturated carbocycles. The Labute approximate surface area is 110 Å². The molecule has 3 rings (SSSR count). The third-order valence-corrected chi connectivity index (χ3v) is 3.72. The summed E-state index contributed by atoms with van der Waals surface area (Å²) in [7, 11) is 3.47. The fraction of sp³-hybridized carbons (Fsp3) is 0.385. The number of benzene rings is 1. The molecule has 0 radical (unpaired) electrons. The molecule has 2 heterocycles. The van der Waals surface area contributed by atoms with Crippen LogP contribution in [0.2, 0.25) is 0 Å². The summed E-state index contributed by atoms with van der Waals surface area (Å²) in [5, 5.41) is 0. The first-order valence-electron chi connectivity index (χ1n) is 6.20. The van der Waals surface area contributed by atoms with E-state index >= 15 is 0 Å². The van der Waals surface area contributed by atoms with Crippen molar-refractivity contribution in [2.75, 3.05) is 11.4 Å². The van der Waals surface area contributed by atoms with Gasteiger partial charge < -0.3 is 10.6 Å². The molecule has 1 aromatic heterocycles. The van der Waals surface area contributed by atoms with Crippen molar-refractivity contribution >= 4 is 22.6 Å². The van der Waals surface area contributed by atoms with Gasteiger partial charge in [0.2, 0.25) is 5.91 Å². The number of aromatic nitrogens is 2. The first-order valence-corrected chi connectivity index (χ1v) is 6.20. The zero-order chi connectivity index (χ0) is 13.7. The van der Waals surface area contributed by atoms with E-state index in [-0.39, 0.29) is 17.6 Å². The number of fused-ring (bicyclic) bond motifs is 1. The summed E-state index contributed by atoms with van der Waals surface area (Å²) in [6.07, 6.45) is 0.381. The Morgan fingerprint density at radius 2 is 1.84 bits per heavy atom. The van der Waals surface area contributed by atoms with Crippen LogP contribution in [0.3, 0.4) is 0 Å². The molecule has 19 heavy (non-hydrogen) atoms. The highest BCUT2D eigenvalue weighted by Gasteiger charge is 2.28. The fourth-order valence-electron chi connectivity index (χ4n) is 2.65. The fourth-order valence-corrected chi connectivity index (χ4v) is 2.65. The van der Waals surface area contributed by atoms with Gasteiger partial charge in [-0.1, -0.05) is 0 Å². The van der Waals surface area contributed by atoms with Crippen molar-refractivity contribution in [2.24, 2.45) is 19.8 Å². The van der Waals surface area contributed by atoms with Gasteiger partial charge in [0.25, 0.3) is 0 Å². The molecule has 1 amide bonds. The quantitative estimate of drug-likeness (QED) is 0.780. The lowest BCUT2D eigenvalue weighted by atomic mass is 10.2.